The molecule has 0 spiro atoms. The summed E-state index contributed by atoms with van der Waals surface area (Å²) in [6.45, 7) is 10.4. The summed E-state index contributed by atoms with van der Waals surface area (Å²) in [5.74, 6) is 1.21. The Balaban J connectivity index is 2.37. The van der Waals surface area contributed by atoms with E-state index >= 15 is 0 Å². The number of benzene rings is 1. The Morgan fingerprint density at radius 3 is 2.29 bits per heavy atom. The molecule has 0 unspecified atom stereocenters. The fraction of sp³-hybridized carbons (Fsp3) is 0.600. The summed E-state index contributed by atoms with van der Waals surface area (Å²) in [5, 5.41) is 13.1. The lowest BCUT2D eigenvalue weighted by atomic mass is 10.1. The zero-order chi connectivity index (χ0) is 12.8. The number of nitrogens with one attached hydrogen (secondary N) is 1. The molecule has 0 atom stereocenters. The summed E-state index contributed by atoms with van der Waals surface area (Å²) < 4.78 is 0. The van der Waals surface area contributed by atoms with Crippen molar-refractivity contribution in [1.82, 2.24) is 5.32 Å². The average Bonchev–Trinajstić information content (AvgIpc) is 2.25. The third-order valence-electron chi connectivity index (χ3n) is 3.01. The van der Waals surface area contributed by atoms with E-state index in [-0.39, 0.29) is 0 Å². The first-order valence-electron chi connectivity index (χ1n) is 6.50. The fourth-order valence-corrected chi connectivity index (χ4v) is 2.02. The molecule has 0 saturated heterocycles. The van der Waals surface area contributed by atoms with Crippen LogP contribution in [0.5, 0.6) is 5.75 Å². The summed E-state index contributed by atoms with van der Waals surface area (Å²) in [6, 6.07) is 4.11. The minimum absolute atomic E-state index is 0.425. The molecule has 0 aliphatic heterocycles. The second-order valence-electron chi connectivity index (χ2n) is 5.29. The maximum absolute atomic E-state index is 9.68. The van der Waals surface area contributed by atoms with Gasteiger partial charge in [-0.25, -0.2) is 0 Å². The molecule has 2 nitrogen and oxygen atoms in total. The van der Waals surface area contributed by atoms with Crippen LogP contribution >= 0.6 is 0 Å². The maximum Gasteiger partial charge on any atom is 0.121 e. The van der Waals surface area contributed by atoms with E-state index in [2.05, 4.69) is 31.3 Å². The van der Waals surface area contributed by atoms with Gasteiger partial charge >= 0.3 is 0 Å². The van der Waals surface area contributed by atoms with Crippen LogP contribution in [0, 0.1) is 19.8 Å². The SMILES string of the molecule is Cc1cc(CNCCCC(C)C)cc(C)c1O. The van der Waals surface area contributed by atoms with Crippen LogP contribution in [0.15, 0.2) is 12.1 Å². The van der Waals surface area contributed by atoms with Crippen molar-refractivity contribution >= 4 is 0 Å². The highest BCUT2D eigenvalue weighted by Crippen LogP contribution is 2.22. The molecule has 0 aromatic heterocycles. The lowest BCUT2D eigenvalue weighted by Gasteiger charge is -2.09. The summed E-state index contributed by atoms with van der Waals surface area (Å²) in [4.78, 5) is 0. The predicted molar refractivity (Wildman–Crippen MR) is 73.4 cm³/mol. The summed E-state index contributed by atoms with van der Waals surface area (Å²) >= 11 is 0. The molecule has 0 saturated carbocycles. The van der Waals surface area contributed by atoms with Crippen LogP contribution in [-0.4, -0.2) is 11.7 Å². The first kappa shape index (κ1) is 14.0. The van der Waals surface area contributed by atoms with E-state index in [1.165, 1.54) is 18.4 Å². The Hall–Kier alpha value is -1.02. The largest absolute Gasteiger partial charge is 0.507 e. The number of phenols is 1. The summed E-state index contributed by atoms with van der Waals surface area (Å²) in [6.07, 6.45) is 2.51. The fourth-order valence-electron chi connectivity index (χ4n) is 2.02. The first-order chi connectivity index (χ1) is 8.00. The van der Waals surface area contributed by atoms with Gasteiger partial charge in [0.15, 0.2) is 0 Å². The van der Waals surface area contributed by atoms with E-state index < -0.39 is 0 Å². The van der Waals surface area contributed by atoms with Crippen LogP contribution in [0.2, 0.25) is 0 Å². The van der Waals surface area contributed by atoms with E-state index in [4.69, 9.17) is 0 Å². The maximum atomic E-state index is 9.68. The lowest BCUT2D eigenvalue weighted by molar-refractivity contribution is 0.466. The van der Waals surface area contributed by atoms with Crippen molar-refractivity contribution in [2.24, 2.45) is 5.92 Å². The molecule has 2 N–H and O–H groups in total. The molecule has 1 aromatic rings. The van der Waals surface area contributed by atoms with E-state index in [0.29, 0.717) is 5.75 Å². The Morgan fingerprint density at radius 1 is 1.18 bits per heavy atom. The van der Waals surface area contributed by atoms with Gasteiger partial charge in [-0.15, -0.1) is 0 Å². The molecular formula is C15H25NO. The molecule has 0 amide bonds. The van der Waals surface area contributed by atoms with Gasteiger partial charge in [-0.3, -0.25) is 0 Å². The van der Waals surface area contributed by atoms with Crippen molar-refractivity contribution in [3.05, 3.63) is 28.8 Å². The van der Waals surface area contributed by atoms with Gasteiger partial charge in [0.2, 0.25) is 0 Å². The van der Waals surface area contributed by atoms with Gasteiger partial charge in [0.25, 0.3) is 0 Å². The third kappa shape index (κ3) is 4.78. The second kappa shape index (κ2) is 6.65. The molecule has 0 fully saturated rings. The van der Waals surface area contributed by atoms with E-state index in [1.807, 2.05) is 13.8 Å². The van der Waals surface area contributed by atoms with Crippen LogP contribution in [0.4, 0.5) is 0 Å². The van der Waals surface area contributed by atoms with Gasteiger partial charge in [-0.2, -0.15) is 0 Å². The molecule has 2 heteroatoms. The van der Waals surface area contributed by atoms with Crippen molar-refractivity contribution in [2.75, 3.05) is 6.54 Å². The number of aryl methyl sites for hydroxylation is 2. The van der Waals surface area contributed by atoms with Gasteiger partial charge in [-0.1, -0.05) is 26.0 Å². The molecule has 0 heterocycles. The van der Waals surface area contributed by atoms with Crippen molar-refractivity contribution in [1.29, 1.82) is 0 Å². The molecule has 0 bridgehead atoms. The lowest BCUT2D eigenvalue weighted by Crippen LogP contribution is -2.15. The monoisotopic (exact) mass is 235 g/mol. The number of aromatic hydroxyl groups is 1. The predicted octanol–water partition coefficient (Wildman–Crippen LogP) is 3.53. The second-order valence-corrected chi connectivity index (χ2v) is 5.29. The molecule has 1 rings (SSSR count). The van der Waals surface area contributed by atoms with Crippen LogP contribution in [0.1, 0.15) is 43.4 Å². The first-order valence-corrected chi connectivity index (χ1v) is 6.50. The smallest absolute Gasteiger partial charge is 0.121 e. The van der Waals surface area contributed by atoms with Gasteiger partial charge < -0.3 is 10.4 Å². The van der Waals surface area contributed by atoms with Crippen molar-refractivity contribution < 1.29 is 5.11 Å². The van der Waals surface area contributed by atoms with Crippen LogP contribution in [-0.2, 0) is 6.54 Å². The summed E-state index contributed by atoms with van der Waals surface area (Å²) in [7, 11) is 0. The molecule has 17 heavy (non-hydrogen) atoms. The Bertz CT molecular complexity index is 335. The van der Waals surface area contributed by atoms with Crippen LogP contribution < -0.4 is 5.32 Å². The average molecular weight is 235 g/mol. The molecule has 0 radical (unpaired) electrons. The Labute approximate surface area is 105 Å². The van der Waals surface area contributed by atoms with Crippen molar-refractivity contribution in [3.8, 4) is 5.75 Å². The molecule has 0 aliphatic rings. The normalized spacial score (nSPS) is 11.1. The quantitative estimate of drug-likeness (QED) is 0.739. The van der Waals surface area contributed by atoms with Crippen LogP contribution in [0.25, 0.3) is 0 Å². The van der Waals surface area contributed by atoms with Crippen LogP contribution in [0.3, 0.4) is 0 Å². The number of rotatable bonds is 6. The van der Waals surface area contributed by atoms with Gasteiger partial charge in [0.1, 0.15) is 5.75 Å². The number of hydrogen-bond acceptors (Lipinski definition) is 2. The topological polar surface area (TPSA) is 32.3 Å². The third-order valence-corrected chi connectivity index (χ3v) is 3.01. The molecule has 96 valence electrons. The number of phenolic OH excluding ortho intramolecular Hbond substituents is 1. The standard InChI is InChI=1S/C15H25NO/c1-11(2)6-5-7-16-10-14-8-12(3)15(17)13(4)9-14/h8-9,11,16-17H,5-7,10H2,1-4H3. The zero-order valence-electron chi connectivity index (χ0n) is 11.5. The highest BCUT2D eigenvalue weighted by atomic mass is 16.3. The van der Waals surface area contributed by atoms with Gasteiger partial charge in [0.05, 0.1) is 0 Å². The van der Waals surface area contributed by atoms with Crippen molar-refractivity contribution in [3.63, 3.8) is 0 Å². The molecular weight excluding hydrogens is 210 g/mol. The zero-order valence-corrected chi connectivity index (χ0v) is 11.5. The molecule has 0 aliphatic carbocycles. The van der Waals surface area contributed by atoms with E-state index in [1.54, 1.807) is 0 Å². The minimum Gasteiger partial charge on any atom is -0.507 e. The van der Waals surface area contributed by atoms with E-state index in [9.17, 15) is 5.11 Å². The van der Waals surface area contributed by atoms with Crippen molar-refractivity contribution in [2.45, 2.75) is 47.1 Å². The Kier molecular flexibility index (Phi) is 5.49. The molecule has 1 aromatic carbocycles. The highest BCUT2D eigenvalue weighted by Gasteiger charge is 2.03. The number of hydrogen-bond donors (Lipinski definition) is 2. The van der Waals surface area contributed by atoms with Gasteiger partial charge in [0, 0.05) is 6.54 Å². The van der Waals surface area contributed by atoms with E-state index in [0.717, 1.165) is 30.1 Å². The minimum atomic E-state index is 0.425. The Morgan fingerprint density at radius 2 is 1.76 bits per heavy atom. The van der Waals surface area contributed by atoms with Gasteiger partial charge in [-0.05, 0) is 55.8 Å². The highest BCUT2D eigenvalue weighted by molar-refractivity contribution is 5.42. The summed E-state index contributed by atoms with van der Waals surface area (Å²) in [5.41, 5.74) is 3.18.